The van der Waals surface area contributed by atoms with Gasteiger partial charge in [-0.05, 0) is 6.42 Å². The Morgan fingerprint density at radius 1 is 1.50 bits per heavy atom. The van der Waals surface area contributed by atoms with E-state index < -0.39 is 5.97 Å². The Bertz CT molecular complexity index is 127. The Kier molecular flexibility index (Phi) is 2.43. The fourth-order valence-corrected chi connectivity index (χ4v) is 0.652. The normalized spacial score (nSPS) is 21.8. The Hall–Kier alpha value is -0.380. The molecule has 1 aliphatic heterocycles. The van der Waals surface area contributed by atoms with Crippen molar-refractivity contribution in [3.63, 3.8) is 0 Å². The SMILES string of the molecule is CCCC/C=C/C1(O)OO1. The summed E-state index contributed by atoms with van der Waals surface area (Å²) in [4.78, 5) is 8.49. The minimum absolute atomic E-state index is 0.964. The molecule has 10 heavy (non-hydrogen) atoms. The van der Waals surface area contributed by atoms with Crippen molar-refractivity contribution in [1.82, 2.24) is 0 Å². The Morgan fingerprint density at radius 2 is 2.20 bits per heavy atom. The highest BCUT2D eigenvalue weighted by Gasteiger charge is 2.44. The molecule has 3 heteroatoms. The molecule has 1 N–H and O–H groups in total. The van der Waals surface area contributed by atoms with E-state index in [2.05, 4.69) is 16.7 Å². The van der Waals surface area contributed by atoms with Crippen LogP contribution in [0.4, 0.5) is 0 Å². The highest BCUT2D eigenvalue weighted by atomic mass is 17.4. The van der Waals surface area contributed by atoms with Gasteiger partial charge in [0, 0.05) is 6.08 Å². The molecule has 0 radical (unpaired) electrons. The standard InChI is InChI=1S/C7H12O3/c1-2-3-4-5-6-7(8)9-10-7/h5-6,8H,2-4H2,1H3/b6-5+. The first-order valence-electron chi connectivity index (χ1n) is 3.54. The molecular weight excluding hydrogens is 132 g/mol. The van der Waals surface area contributed by atoms with Crippen LogP contribution in [0.2, 0.25) is 0 Å². The third-order valence-corrected chi connectivity index (χ3v) is 1.31. The van der Waals surface area contributed by atoms with E-state index in [4.69, 9.17) is 5.11 Å². The second-order valence-corrected chi connectivity index (χ2v) is 2.34. The third-order valence-electron chi connectivity index (χ3n) is 1.31. The fourth-order valence-electron chi connectivity index (χ4n) is 0.652. The van der Waals surface area contributed by atoms with Gasteiger partial charge in [0.05, 0.1) is 0 Å². The molecule has 0 aliphatic carbocycles. The molecule has 0 aromatic rings. The summed E-state index contributed by atoms with van der Waals surface area (Å²) < 4.78 is 0. The molecule has 0 saturated carbocycles. The van der Waals surface area contributed by atoms with E-state index in [0.717, 1.165) is 19.3 Å². The second kappa shape index (κ2) is 3.14. The predicted octanol–water partition coefficient (Wildman–Crippen LogP) is 1.34. The van der Waals surface area contributed by atoms with E-state index >= 15 is 0 Å². The molecule has 0 unspecified atom stereocenters. The van der Waals surface area contributed by atoms with Crippen LogP contribution in [0.25, 0.3) is 0 Å². The molecule has 0 spiro atoms. The van der Waals surface area contributed by atoms with Crippen LogP contribution in [0.1, 0.15) is 26.2 Å². The first-order valence-corrected chi connectivity index (χ1v) is 3.54. The maximum atomic E-state index is 8.90. The summed E-state index contributed by atoms with van der Waals surface area (Å²) in [5, 5.41) is 8.90. The van der Waals surface area contributed by atoms with Gasteiger partial charge >= 0.3 is 5.97 Å². The molecule has 3 nitrogen and oxygen atoms in total. The molecule has 0 amide bonds. The second-order valence-electron chi connectivity index (χ2n) is 2.34. The van der Waals surface area contributed by atoms with Gasteiger partial charge in [0.2, 0.25) is 0 Å². The van der Waals surface area contributed by atoms with Crippen LogP contribution in [0.15, 0.2) is 12.2 Å². The van der Waals surface area contributed by atoms with Crippen molar-refractivity contribution in [3.05, 3.63) is 12.2 Å². The molecule has 1 rings (SSSR count). The van der Waals surface area contributed by atoms with Crippen LogP contribution in [0, 0.1) is 0 Å². The Balaban J connectivity index is 2.05. The lowest BCUT2D eigenvalue weighted by Gasteiger charge is -1.88. The molecule has 1 saturated heterocycles. The molecule has 0 atom stereocenters. The van der Waals surface area contributed by atoms with E-state index in [1.165, 1.54) is 6.08 Å². The Morgan fingerprint density at radius 3 is 2.70 bits per heavy atom. The molecule has 0 aromatic carbocycles. The van der Waals surface area contributed by atoms with Gasteiger partial charge in [0.15, 0.2) is 0 Å². The summed E-state index contributed by atoms with van der Waals surface area (Å²) in [5.74, 6) is -1.38. The molecule has 0 aromatic heterocycles. The zero-order valence-corrected chi connectivity index (χ0v) is 6.04. The minimum Gasteiger partial charge on any atom is -0.336 e. The molecule has 1 fully saturated rings. The third kappa shape index (κ3) is 2.47. The number of allylic oxidation sites excluding steroid dienone is 1. The molecule has 1 heterocycles. The van der Waals surface area contributed by atoms with Crippen LogP contribution >= 0.6 is 0 Å². The van der Waals surface area contributed by atoms with Crippen LogP contribution in [-0.2, 0) is 9.78 Å². The van der Waals surface area contributed by atoms with Gasteiger partial charge in [-0.1, -0.05) is 25.8 Å². The molecular formula is C7H12O3. The monoisotopic (exact) mass is 144 g/mol. The number of rotatable bonds is 4. The van der Waals surface area contributed by atoms with E-state index in [0.29, 0.717) is 0 Å². The lowest BCUT2D eigenvalue weighted by Crippen LogP contribution is -2.01. The summed E-state index contributed by atoms with van der Waals surface area (Å²) in [5.41, 5.74) is 0. The predicted molar refractivity (Wildman–Crippen MR) is 35.8 cm³/mol. The van der Waals surface area contributed by atoms with E-state index in [1.54, 1.807) is 0 Å². The highest BCUT2D eigenvalue weighted by Crippen LogP contribution is 2.26. The van der Waals surface area contributed by atoms with Crippen molar-refractivity contribution in [2.45, 2.75) is 32.2 Å². The average molecular weight is 144 g/mol. The molecule has 1 aliphatic rings. The summed E-state index contributed by atoms with van der Waals surface area (Å²) in [6.45, 7) is 2.12. The number of hydrogen-bond acceptors (Lipinski definition) is 3. The van der Waals surface area contributed by atoms with E-state index in [9.17, 15) is 0 Å². The minimum atomic E-state index is -1.38. The summed E-state index contributed by atoms with van der Waals surface area (Å²) in [6, 6.07) is 0. The largest absolute Gasteiger partial charge is 0.358 e. The van der Waals surface area contributed by atoms with Crippen molar-refractivity contribution in [1.29, 1.82) is 0 Å². The lowest BCUT2D eigenvalue weighted by atomic mass is 10.2. The van der Waals surface area contributed by atoms with Crippen molar-refractivity contribution >= 4 is 0 Å². The summed E-state index contributed by atoms with van der Waals surface area (Å²) >= 11 is 0. The smallest absolute Gasteiger partial charge is 0.336 e. The maximum Gasteiger partial charge on any atom is 0.358 e. The zero-order chi connectivity index (χ0) is 7.45. The van der Waals surface area contributed by atoms with Gasteiger partial charge in [-0.15, -0.1) is 0 Å². The van der Waals surface area contributed by atoms with Crippen molar-refractivity contribution in [3.8, 4) is 0 Å². The van der Waals surface area contributed by atoms with Gasteiger partial charge in [0.1, 0.15) is 0 Å². The van der Waals surface area contributed by atoms with Crippen LogP contribution in [-0.4, -0.2) is 11.1 Å². The van der Waals surface area contributed by atoms with Gasteiger partial charge in [0.25, 0.3) is 0 Å². The molecule has 58 valence electrons. The van der Waals surface area contributed by atoms with Gasteiger partial charge in [-0.3, -0.25) is 0 Å². The van der Waals surface area contributed by atoms with Crippen molar-refractivity contribution in [2.24, 2.45) is 0 Å². The molecule has 0 bridgehead atoms. The zero-order valence-electron chi connectivity index (χ0n) is 6.04. The van der Waals surface area contributed by atoms with E-state index in [-0.39, 0.29) is 0 Å². The van der Waals surface area contributed by atoms with Gasteiger partial charge < -0.3 is 5.11 Å². The fraction of sp³-hybridized carbons (Fsp3) is 0.714. The number of aliphatic hydroxyl groups is 1. The lowest BCUT2D eigenvalue weighted by molar-refractivity contribution is 0.0819. The number of hydrogen-bond donors (Lipinski definition) is 1. The highest BCUT2D eigenvalue weighted by molar-refractivity contribution is 4.91. The van der Waals surface area contributed by atoms with Crippen LogP contribution < -0.4 is 0 Å². The topological polar surface area (TPSA) is 45.3 Å². The quantitative estimate of drug-likeness (QED) is 0.280. The average Bonchev–Trinajstić information content (AvgIpc) is 2.62. The summed E-state index contributed by atoms with van der Waals surface area (Å²) in [6.07, 6.45) is 6.63. The number of unbranched alkanes of at least 4 members (excludes halogenated alkanes) is 2. The first kappa shape index (κ1) is 7.72. The Labute approximate surface area is 60.2 Å². The van der Waals surface area contributed by atoms with E-state index in [1.807, 2.05) is 6.08 Å². The summed E-state index contributed by atoms with van der Waals surface area (Å²) in [7, 11) is 0. The van der Waals surface area contributed by atoms with Crippen molar-refractivity contribution < 1.29 is 14.9 Å². The van der Waals surface area contributed by atoms with Gasteiger partial charge in [-0.25, -0.2) is 0 Å². The maximum absolute atomic E-state index is 8.90. The van der Waals surface area contributed by atoms with Crippen LogP contribution in [0.3, 0.4) is 0 Å². The first-order chi connectivity index (χ1) is 4.77. The van der Waals surface area contributed by atoms with Crippen LogP contribution in [0.5, 0.6) is 0 Å². The van der Waals surface area contributed by atoms with Gasteiger partial charge in [-0.2, -0.15) is 9.78 Å². The van der Waals surface area contributed by atoms with Crippen molar-refractivity contribution in [2.75, 3.05) is 0 Å².